The zero-order valence-corrected chi connectivity index (χ0v) is 13.1. The summed E-state index contributed by atoms with van der Waals surface area (Å²) in [7, 11) is 0. The molecule has 1 amide bonds. The van der Waals surface area contributed by atoms with Crippen LogP contribution in [0.4, 0.5) is 11.6 Å². The molecule has 0 radical (unpaired) electrons. The van der Waals surface area contributed by atoms with Crippen molar-refractivity contribution in [1.29, 1.82) is 0 Å². The van der Waals surface area contributed by atoms with Gasteiger partial charge < -0.3 is 10.2 Å². The van der Waals surface area contributed by atoms with E-state index >= 15 is 0 Å². The van der Waals surface area contributed by atoms with E-state index in [0.717, 1.165) is 43.1 Å². The molecule has 118 valence electrons. The predicted octanol–water partition coefficient (Wildman–Crippen LogP) is 2.04. The molecule has 4 rings (SSSR count). The third kappa shape index (κ3) is 2.65. The largest absolute Gasteiger partial charge is 0.340 e. The van der Waals surface area contributed by atoms with Gasteiger partial charge in [0.1, 0.15) is 0 Å². The summed E-state index contributed by atoms with van der Waals surface area (Å²) in [4.78, 5) is 27.4. The third-order valence-electron chi connectivity index (χ3n) is 4.87. The van der Waals surface area contributed by atoms with Crippen molar-refractivity contribution in [3.8, 4) is 0 Å². The summed E-state index contributed by atoms with van der Waals surface area (Å²) < 4.78 is 0. The fraction of sp³-hybridized carbons (Fsp3) is 0.412. The highest BCUT2D eigenvalue weighted by Gasteiger charge is 2.61. The minimum Gasteiger partial charge on any atom is -0.340 e. The number of aryl methyl sites for hydroxylation is 1. The smallest absolute Gasteiger partial charge is 0.228 e. The number of carbonyl (C=O) groups is 1. The normalized spacial score (nSPS) is 25.6. The quantitative estimate of drug-likeness (QED) is 0.939. The molecule has 6 heteroatoms. The van der Waals surface area contributed by atoms with Crippen LogP contribution in [0.5, 0.6) is 0 Å². The van der Waals surface area contributed by atoms with E-state index in [4.69, 9.17) is 0 Å². The van der Waals surface area contributed by atoms with E-state index in [0.29, 0.717) is 0 Å². The number of anilines is 2. The molecule has 1 aliphatic heterocycles. The molecule has 1 aliphatic carbocycles. The first-order valence-electron chi connectivity index (χ1n) is 7.91. The van der Waals surface area contributed by atoms with Crippen LogP contribution in [0.15, 0.2) is 36.9 Å². The molecule has 0 bridgehead atoms. The Morgan fingerprint density at radius 3 is 2.91 bits per heavy atom. The molecule has 1 N–H and O–H groups in total. The highest BCUT2D eigenvalue weighted by Crippen LogP contribution is 2.59. The molecule has 2 aromatic heterocycles. The molecule has 23 heavy (non-hydrogen) atoms. The molecule has 6 nitrogen and oxygen atoms in total. The second kappa shape index (κ2) is 5.30. The van der Waals surface area contributed by atoms with E-state index < -0.39 is 0 Å². The SMILES string of the molecule is Cc1cnc(N2CCC3(CC3C(=O)Nc3cccnc3)C2)nc1. The summed E-state index contributed by atoms with van der Waals surface area (Å²) in [6.07, 6.45) is 9.02. The van der Waals surface area contributed by atoms with Crippen LogP contribution in [0.3, 0.4) is 0 Å². The lowest BCUT2D eigenvalue weighted by atomic mass is 10.0. The van der Waals surface area contributed by atoms with Crippen molar-refractivity contribution >= 4 is 17.5 Å². The van der Waals surface area contributed by atoms with E-state index in [9.17, 15) is 4.79 Å². The van der Waals surface area contributed by atoms with Crippen molar-refractivity contribution in [2.75, 3.05) is 23.3 Å². The molecular formula is C17H19N5O. The number of aromatic nitrogens is 3. The van der Waals surface area contributed by atoms with Gasteiger partial charge in [0.15, 0.2) is 0 Å². The lowest BCUT2D eigenvalue weighted by molar-refractivity contribution is -0.118. The Bertz CT molecular complexity index is 718. The van der Waals surface area contributed by atoms with Crippen molar-refractivity contribution in [3.63, 3.8) is 0 Å². The monoisotopic (exact) mass is 309 g/mol. The van der Waals surface area contributed by atoms with E-state index in [2.05, 4.69) is 25.2 Å². The molecule has 1 saturated carbocycles. The minimum atomic E-state index is 0.0816. The van der Waals surface area contributed by atoms with Crippen molar-refractivity contribution < 1.29 is 4.79 Å². The second-order valence-corrected chi connectivity index (χ2v) is 6.58. The first-order chi connectivity index (χ1) is 11.2. The molecular weight excluding hydrogens is 290 g/mol. The number of hydrogen-bond donors (Lipinski definition) is 1. The van der Waals surface area contributed by atoms with Gasteiger partial charge in [-0.1, -0.05) is 0 Å². The van der Waals surface area contributed by atoms with E-state index in [-0.39, 0.29) is 17.2 Å². The van der Waals surface area contributed by atoms with Crippen molar-refractivity contribution in [1.82, 2.24) is 15.0 Å². The molecule has 2 fully saturated rings. The standard InChI is InChI=1S/C17H19N5O/c1-12-8-19-16(20-9-12)22-6-4-17(11-22)7-14(17)15(23)21-13-3-2-5-18-10-13/h2-3,5,8-10,14H,4,6-7,11H2,1H3,(H,21,23). The van der Waals surface area contributed by atoms with Gasteiger partial charge in [-0.2, -0.15) is 0 Å². The summed E-state index contributed by atoms with van der Waals surface area (Å²) in [5, 5.41) is 2.97. The van der Waals surface area contributed by atoms with E-state index in [1.807, 2.05) is 31.5 Å². The number of pyridine rings is 1. The van der Waals surface area contributed by atoms with Crippen LogP contribution in [-0.2, 0) is 4.79 Å². The average Bonchev–Trinajstić information content (AvgIpc) is 3.10. The molecule has 1 spiro atoms. The van der Waals surface area contributed by atoms with Gasteiger partial charge in [0.05, 0.1) is 11.9 Å². The number of amides is 1. The Morgan fingerprint density at radius 1 is 1.35 bits per heavy atom. The van der Waals surface area contributed by atoms with Gasteiger partial charge in [0.25, 0.3) is 0 Å². The maximum atomic E-state index is 12.4. The van der Waals surface area contributed by atoms with Crippen LogP contribution in [0.25, 0.3) is 0 Å². The van der Waals surface area contributed by atoms with Gasteiger partial charge in [-0.25, -0.2) is 9.97 Å². The maximum Gasteiger partial charge on any atom is 0.228 e. The topological polar surface area (TPSA) is 71.0 Å². The van der Waals surface area contributed by atoms with Crippen LogP contribution < -0.4 is 10.2 Å². The minimum absolute atomic E-state index is 0.0816. The van der Waals surface area contributed by atoms with Gasteiger partial charge in [-0.3, -0.25) is 9.78 Å². The zero-order chi connectivity index (χ0) is 15.9. The average molecular weight is 309 g/mol. The molecule has 2 atom stereocenters. The predicted molar refractivity (Wildman–Crippen MR) is 87.0 cm³/mol. The Labute approximate surface area is 135 Å². The Kier molecular flexibility index (Phi) is 3.25. The Balaban J connectivity index is 1.40. The number of nitrogens with zero attached hydrogens (tertiary/aromatic N) is 4. The van der Waals surface area contributed by atoms with Crippen molar-refractivity contribution in [3.05, 3.63) is 42.5 Å². The van der Waals surface area contributed by atoms with Crippen molar-refractivity contribution in [2.24, 2.45) is 11.3 Å². The second-order valence-electron chi connectivity index (χ2n) is 6.58. The molecule has 0 aromatic carbocycles. The maximum absolute atomic E-state index is 12.4. The Hall–Kier alpha value is -2.50. The van der Waals surface area contributed by atoms with Crippen LogP contribution in [0, 0.1) is 18.3 Å². The first-order valence-corrected chi connectivity index (χ1v) is 7.91. The van der Waals surface area contributed by atoms with Crippen LogP contribution in [0.1, 0.15) is 18.4 Å². The fourth-order valence-corrected chi connectivity index (χ4v) is 3.45. The van der Waals surface area contributed by atoms with Gasteiger partial charge in [0.2, 0.25) is 11.9 Å². The van der Waals surface area contributed by atoms with Gasteiger partial charge in [-0.15, -0.1) is 0 Å². The van der Waals surface area contributed by atoms with E-state index in [1.165, 1.54) is 0 Å². The molecule has 1 saturated heterocycles. The summed E-state index contributed by atoms with van der Waals surface area (Å²) in [5.74, 6) is 0.952. The first kappa shape index (κ1) is 14.1. The zero-order valence-electron chi connectivity index (χ0n) is 13.1. The van der Waals surface area contributed by atoms with E-state index in [1.54, 1.807) is 12.4 Å². The van der Waals surface area contributed by atoms with Gasteiger partial charge >= 0.3 is 0 Å². The lowest BCUT2D eigenvalue weighted by Gasteiger charge is -2.16. The summed E-state index contributed by atoms with van der Waals surface area (Å²) in [6, 6.07) is 3.69. The summed E-state index contributed by atoms with van der Waals surface area (Å²) in [6.45, 7) is 3.76. The molecule has 2 unspecified atom stereocenters. The number of nitrogens with one attached hydrogen (secondary N) is 1. The van der Waals surface area contributed by atoms with Crippen LogP contribution in [-0.4, -0.2) is 33.9 Å². The fourth-order valence-electron chi connectivity index (χ4n) is 3.45. The molecule has 3 heterocycles. The van der Waals surface area contributed by atoms with Crippen LogP contribution >= 0.6 is 0 Å². The Morgan fingerprint density at radius 2 is 2.17 bits per heavy atom. The summed E-state index contributed by atoms with van der Waals surface area (Å²) in [5.41, 5.74) is 1.92. The van der Waals surface area contributed by atoms with Crippen LogP contribution in [0.2, 0.25) is 0 Å². The lowest BCUT2D eigenvalue weighted by Crippen LogP contribution is -2.24. The third-order valence-corrected chi connectivity index (χ3v) is 4.87. The molecule has 2 aliphatic rings. The number of hydrogen-bond acceptors (Lipinski definition) is 5. The highest BCUT2D eigenvalue weighted by molar-refractivity contribution is 5.95. The number of carbonyl (C=O) groups excluding carboxylic acids is 1. The van der Waals surface area contributed by atoms with Crippen molar-refractivity contribution in [2.45, 2.75) is 19.8 Å². The number of rotatable bonds is 3. The summed E-state index contributed by atoms with van der Waals surface area (Å²) >= 11 is 0. The van der Waals surface area contributed by atoms with Gasteiger partial charge in [-0.05, 0) is 37.5 Å². The highest BCUT2D eigenvalue weighted by atomic mass is 16.2. The molecule has 2 aromatic rings. The van der Waals surface area contributed by atoms with Gasteiger partial charge in [0, 0.05) is 43.0 Å².